The van der Waals surface area contributed by atoms with Gasteiger partial charge in [0.25, 0.3) is 0 Å². The fraction of sp³-hybridized carbons (Fsp3) is 0.222. The molecule has 0 aliphatic rings. The molecule has 3 aromatic rings. The molecule has 20 heavy (non-hydrogen) atoms. The SMILES string of the molecule is CC(C)(CNc1ccc2ccccc2c1)c1cccs1. The first kappa shape index (κ1) is 13.2. The summed E-state index contributed by atoms with van der Waals surface area (Å²) >= 11 is 1.83. The minimum absolute atomic E-state index is 0.153. The van der Waals surface area contributed by atoms with Crippen LogP contribution in [0, 0.1) is 0 Å². The van der Waals surface area contributed by atoms with Crippen molar-refractivity contribution >= 4 is 27.8 Å². The third-order valence-electron chi connectivity index (χ3n) is 3.67. The molecular formula is C18H19NS. The van der Waals surface area contributed by atoms with Crippen molar-refractivity contribution in [2.24, 2.45) is 0 Å². The third-order valence-corrected chi connectivity index (χ3v) is 4.91. The van der Waals surface area contributed by atoms with E-state index in [-0.39, 0.29) is 5.41 Å². The zero-order valence-corrected chi connectivity index (χ0v) is 12.7. The average molecular weight is 281 g/mol. The fourth-order valence-electron chi connectivity index (χ4n) is 2.37. The van der Waals surface area contributed by atoms with Crippen LogP contribution >= 0.6 is 11.3 Å². The Morgan fingerprint density at radius 3 is 2.50 bits per heavy atom. The second-order valence-corrected chi connectivity index (χ2v) is 6.72. The summed E-state index contributed by atoms with van der Waals surface area (Å²) in [4.78, 5) is 1.42. The molecule has 1 N–H and O–H groups in total. The summed E-state index contributed by atoms with van der Waals surface area (Å²) in [6.45, 7) is 5.51. The number of hydrogen-bond acceptors (Lipinski definition) is 2. The lowest BCUT2D eigenvalue weighted by molar-refractivity contribution is 0.569. The molecule has 0 amide bonds. The Balaban J connectivity index is 1.77. The van der Waals surface area contributed by atoms with Crippen LogP contribution in [-0.2, 0) is 5.41 Å². The molecule has 1 aromatic heterocycles. The molecule has 0 saturated carbocycles. The zero-order valence-electron chi connectivity index (χ0n) is 11.9. The zero-order chi connectivity index (χ0) is 14.0. The highest BCUT2D eigenvalue weighted by atomic mass is 32.1. The van der Waals surface area contributed by atoms with Crippen molar-refractivity contribution < 1.29 is 0 Å². The van der Waals surface area contributed by atoms with Crippen LogP contribution in [0.5, 0.6) is 0 Å². The summed E-state index contributed by atoms with van der Waals surface area (Å²) in [6, 6.07) is 19.4. The molecule has 0 aliphatic heterocycles. The molecule has 2 aromatic carbocycles. The Morgan fingerprint density at radius 2 is 1.75 bits per heavy atom. The molecule has 0 unspecified atom stereocenters. The van der Waals surface area contributed by atoms with Crippen LogP contribution < -0.4 is 5.32 Å². The topological polar surface area (TPSA) is 12.0 Å². The molecule has 0 radical (unpaired) electrons. The molecule has 0 fully saturated rings. The van der Waals surface area contributed by atoms with Crippen molar-refractivity contribution in [3.8, 4) is 0 Å². The normalized spacial score (nSPS) is 11.7. The summed E-state index contributed by atoms with van der Waals surface area (Å²) in [5.41, 5.74) is 1.34. The van der Waals surface area contributed by atoms with Crippen LogP contribution in [0.1, 0.15) is 18.7 Å². The summed E-state index contributed by atoms with van der Waals surface area (Å²) < 4.78 is 0. The van der Waals surface area contributed by atoms with Gasteiger partial charge in [-0.2, -0.15) is 0 Å². The summed E-state index contributed by atoms with van der Waals surface area (Å²) in [5.74, 6) is 0. The number of thiophene rings is 1. The maximum atomic E-state index is 3.57. The van der Waals surface area contributed by atoms with Crippen LogP contribution in [0.15, 0.2) is 60.0 Å². The Kier molecular flexibility index (Phi) is 3.49. The van der Waals surface area contributed by atoms with Crippen LogP contribution in [-0.4, -0.2) is 6.54 Å². The summed E-state index contributed by atoms with van der Waals surface area (Å²) in [5, 5.41) is 8.29. The first-order valence-electron chi connectivity index (χ1n) is 6.92. The van der Waals surface area contributed by atoms with Crippen LogP contribution in [0.4, 0.5) is 5.69 Å². The van der Waals surface area contributed by atoms with Gasteiger partial charge in [0.2, 0.25) is 0 Å². The van der Waals surface area contributed by atoms with E-state index in [1.54, 1.807) is 0 Å². The van der Waals surface area contributed by atoms with Crippen LogP contribution in [0.25, 0.3) is 10.8 Å². The number of anilines is 1. The van der Waals surface area contributed by atoms with Crippen molar-refractivity contribution in [2.75, 3.05) is 11.9 Å². The smallest absolute Gasteiger partial charge is 0.0346 e. The van der Waals surface area contributed by atoms with Gasteiger partial charge in [0, 0.05) is 22.5 Å². The van der Waals surface area contributed by atoms with E-state index < -0.39 is 0 Å². The number of benzene rings is 2. The van der Waals surface area contributed by atoms with E-state index in [4.69, 9.17) is 0 Å². The molecule has 1 nitrogen and oxygen atoms in total. The van der Waals surface area contributed by atoms with Gasteiger partial charge in [-0.05, 0) is 34.4 Å². The molecular weight excluding hydrogens is 262 g/mol. The standard InChI is InChI=1S/C18H19NS/c1-18(2,17-8-5-11-20-17)13-19-16-10-9-14-6-3-4-7-15(14)12-16/h3-12,19H,13H2,1-2H3. The molecule has 3 rings (SSSR count). The average Bonchev–Trinajstić information content (AvgIpc) is 3.00. The van der Waals surface area contributed by atoms with Gasteiger partial charge in [-0.1, -0.05) is 50.2 Å². The Morgan fingerprint density at radius 1 is 0.950 bits per heavy atom. The lowest BCUT2D eigenvalue weighted by Crippen LogP contribution is -2.26. The van der Waals surface area contributed by atoms with Gasteiger partial charge in [0.05, 0.1) is 0 Å². The minimum atomic E-state index is 0.153. The van der Waals surface area contributed by atoms with Gasteiger partial charge >= 0.3 is 0 Å². The molecule has 0 atom stereocenters. The first-order chi connectivity index (χ1) is 9.65. The van der Waals surface area contributed by atoms with Crippen molar-refractivity contribution in [1.82, 2.24) is 0 Å². The second kappa shape index (κ2) is 5.29. The Hall–Kier alpha value is -1.80. The van der Waals surface area contributed by atoms with Crippen molar-refractivity contribution in [3.63, 3.8) is 0 Å². The van der Waals surface area contributed by atoms with Crippen molar-refractivity contribution in [3.05, 3.63) is 64.9 Å². The second-order valence-electron chi connectivity index (χ2n) is 5.78. The highest BCUT2D eigenvalue weighted by Crippen LogP contribution is 2.28. The fourth-order valence-corrected chi connectivity index (χ4v) is 3.23. The van der Waals surface area contributed by atoms with E-state index in [2.05, 4.69) is 79.1 Å². The number of fused-ring (bicyclic) bond motifs is 1. The Labute approximate surface area is 124 Å². The van der Waals surface area contributed by atoms with Crippen LogP contribution in [0.3, 0.4) is 0 Å². The van der Waals surface area contributed by atoms with E-state index in [1.807, 2.05) is 11.3 Å². The predicted molar refractivity (Wildman–Crippen MR) is 89.8 cm³/mol. The van der Waals surface area contributed by atoms with E-state index >= 15 is 0 Å². The van der Waals surface area contributed by atoms with Crippen molar-refractivity contribution in [1.29, 1.82) is 0 Å². The van der Waals surface area contributed by atoms with E-state index in [9.17, 15) is 0 Å². The summed E-state index contributed by atoms with van der Waals surface area (Å²) in [7, 11) is 0. The van der Waals surface area contributed by atoms with E-state index in [1.165, 1.54) is 21.3 Å². The molecule has 0 spiro atoms. The predicted octanol–water partition coefficient (Wildman–Crippen LogP) is 5.29. The molecule has 2 heteroatoms. The highest BCUT2D eigenvalue weighted by molar-refractivity contribution is 7.10. The Bertz CT molecular complexity index is 698. The monoisotopic (exact) mass is 281 g/mol. The molecule has 102 valence electrons. The number of nitrogens with one attached hydrogen (secondary N) is 1. The number of rotatable bonds is 4. The lowest BCUT2D eigenvalue weighted by Gasteiger charge is -2.24. The van der Waals surface area contributed by atoms with Gasteiger partial charge in [0.15, 0.2) is 0 Å². The minimum Gasteiger partial charge on any atom is -0.384 e. The van der Waals surface area contributed by atoms with Gasteiger partial charge in [-0.25, -0.2) is 0 Å². The quantitative estimate of drug-likeness (QED) is 0.685. The van der Waals surface area contributed by atoms with E-state index in [0.717, 1.165) is 6.54 Å². The van der Waals surface area contributed by atoms with E-state index in [0.29, 0.717) is 0 Å². The van der Waals surface area contributed by atoms with Gasteiger partial charge in [-0.15, -0.1) is 11.3 Å². The van der Waals surface area contributed by atoms with Crippen LogP contribution in [0.2, 0.25) is 0 Å². The lowest BCUT2D eigenvalue weighted by atomic mass is 9.91. The third kappa shape index (κ3) is 2.70. The molecule has 0 bridgehead atoms. The maximum Gasteiger partial charge on any atom is 0.0346 e. The molecule has 0 aliphatic carbocycles. The summed E-state index contributed by atoms with van der Waals surface area (Å²) in [6.07, 6.45) is 0. The molecule has 1 heterocycles. The van der Waals surface area contributed by atoms with Gasteiger partial charge in [0.1, 0.15) is 0 Å². The molecule has 0 saturated heterocycles. The number of hydrogen-bond donors (Lipinski definition) is 1. The highest BCUT2D eigenvalue weighted by Gasteiger charge is 2.21. The first-order valence-corrected chi connectivity index (χ1v) is 7.80. The largest absolute Gasteiger partial charge is 0.384 e. The maximum absolute atomic E-state index is 3.57. The van der Waals surface area contributed by atoms with Gasteiger partial charge in [-0.3, -0.25) is 0 Å². The van der Waals surface area contributed by atoms with Gasteiger partial charge < -0.3 is 5.32 Å². The van der Waals surface area contributed by atoms with Crippen molar-refractivity contribution in [2.45, 2.75) is 19.3 Å².